The van der Waals surface area contributed by atoms with E-state index in [2.05, 4.69) is 70.0 Å². The minimum Gasteiger partial charge on any atom is -0.488 e. The van der Waals surface area contributed by atoms with E-state index in [4.69, 9.17) is 9.47 Å². The van der Waals surface area contributed by atoms with E-state index in [0.29, 0.717) is 13.2 Å². The number of aryl methyl sites for hydroxylation is 1. The summed E-state index contributed by atoms with van der Waals surface area (Å²) >= 11 is 0. The Bertz CT molecular complexity index is 1050. The molecule has 2 heterocycles. The maximum atomic E-state index is 6.20. The number of para-hydroxylation sites is 1. The maximum Gasteiger partial charge on any atom is 0.191 e. The lowest BCUT2D eigenvalue weighted by Crippen LogP contribution is -2.38. The molecule has 0 bridgehead atoms. The van der Waals surface area contributed by atoms with Crippen molar-refractivity contribution in [3.8, 4) is 5.75 Å². The molecule has 170 valence electrons. The lowest BCUT2D eigenvalue weighted by molar-refractivity contribution is 0.140. The normalized spacial score (nSPS) is 15.9. The molecule has 0 aliphatic carbocycles. The van der Waals surface area contributed by atoms with Gasteiger partial charge in [0.1, 0.15) is 11.9 Å². The average molecular weight is 546 g/mol. The topological polar surface area (TPSA) is 67.8 Å². The fourth-order valence-electron chi connectivity index (χ4n) is 3.79. The monoisotopic (exact) mass is 546 g/mol. The number of aromatic nitrogens is 1. The first-order valence-electron chi connectivity index (χ1n) is 10.8. The number of guanidine groups is 1. The molecule has 1 saturated heterocycles. The summed E-state index contributed by atoms with van der Waals surface area (Å²) in [5, 5.41) is 7.98. The number of nitrogens with one attached hydrogen (secondary N) is 2. The van der Waals surface area contributed by atoms with Gasteiger partial charge in [0.15, 0.2) is 5.96 Å². The summed E-state index contributed by atoms with van der Waals surface area (Å²) in [7, 11) is 1.79. The van der Waals surface area contributed by atoms with Gasteiger partial charge in [-0.05, 0) is 36.6 Å². The Morgan fingerprint density at radius 1 is 1.16 bits per heavy atom. The van der Waals surface area contributed by atoms with E-state index in [0.717, 1.165) is 48.8 Å². The van der Waals surface area contributed by atoms with Gasteiger partial charge in [0.2, 0.25) is 0 Å². The minimum atomic E-state index is 0. The number of hydrogen-bond donors (Lipinski definition) is 2. The molecule has 0 amide bonds. The van der Waals surface area contributed by atoms with Crippen LogP contribution in [0.3, 0.4) is 0 Å². The fourth-order valence-corrected chi connectivity index (χ4v) is 3.79. The van der Waals surface area contributed by atoms with Gasteiger partial charge in [-0.25, -0.2) is 0 Å². The van der Waals surface area contributed by atoms with Gasteiger partial charge in [0.05, 0.1) is 18.7 Å². The van der Waals surface area contributed by atoms with Crippen LogP contribution in [0.15, 0.2) is 59.7 Å². The van der Waals surface area contributed by atoms with Crippen LogP contribution >= 0.6 is 24.0 Å². The van der Waals surface area contributed by atoms with Crippen molar-refractivity contribution < 1.29 is 9.47 Å². The van der Waals surface area contributed by atoms with Crippen LogP contribution in [0.4, 0.5) is 0 Å². The Labute approximate surface area is 206 Å². The smallest absolute Gasteiger partial charge is 0.191 e. The highest BCUT2D eigenvalue weighted by Gasteiger charge is 2.18. The number of pyridine rings is 1. The van der Waals surface area contributed by atoms with E-state index in [1.54, 1.807) is 7.05 Å². The molecule has 0 radical (unpaired) electrons. The molecule has 6 nitrogen and oxygen atoms in total. The standard InChI is InChI=1S/C25H30N4O2.HI/c1-18-8-9-21(23(15-18)31-22-11-14-30-17-22)16-29-25(26-2)28-13-10-20-6-3-5-19-7-4-12-27-24(19)20;/h3-9,12,15,22H,10-11,13-14,16-17H2,1-2H3,(H2,26,28,29);1H. The van der Waals surface area contributed by atoms with Crippen molar-refractivity contribution in [2.24, 2.45) is 4.99 Å². The first-order chi connectivity index (χ1) is 15.2. The third-order valence-corrected chi connectivity index (χ3v) is 5.48. The highest BCUT2D eigenvalue weighted by molar-refractivity contribution is 14.0. The van der Waals surface area contributed by atoms with Crippen LogP contribution in [0.5, 0.6) is 5.75 Å². The largest absolute Gasteiger partial charge is 0.488 e. The zero-order valence-corrected chi connectivity index (χ0v) is 21.0. The van der Waals surface area contributed by atoms with Crippen LogP contribution in [0, 0.1) is 6.92 Å². The number of rotatable bonds is 7. The molecule has 3 aromatic rings. The second kappa shape index (κ2) is 12.0. The molecule has 1 aliphatic rings. The molecule has 1 unspecified atom stereocenters. The predicted molar refractivity (Wildman–Crippen MR) is 140 cm³/mol. The van der Waals surface area contributed by atoms with Gasteiger partial charge in [-0.1, -0.05) is 36.4 Å². The summed E-state index contributed by atoms with van der Waals surface area (Å²) < 4.78 is 11.6. The molecule has 1 aliphatic heterocycles. The van der Waals surface area contributed by atoms with Crippen molar-refractivity contribution in [2.75, 3.05) is 26.8 Å². The van der Waals surface area contributed by atoms with Gasteiger partial charge in [-0.2, -0.15) is 0 Å². The Morgan fingerprint density at radius 2 is 2.03 bits per heavy atom. The van der Waals surface area contributed by atoms with E-state index < -0.39 is 0 Å². The van der Waals surface area contributed by atoms with Crippen LogP contribution < -0.4 is 15.4 Å². The number of aliphatic imine (C=N–C) groups is 1. The third kappa shape index (κ3) is 6.32. The molecule has 7 heteroatoms. The first-order valence-corrected chi connectivity index (χ1v) is 10.8. The predicted octanol–water partition coefficient (Wildman–Crippen LogP) is 4.24. The van der Waals surface area contributed by atoms with Gasteiger partial charge in [0.25, 0.3) is 0 Å². The number of nitrogens with zero attached hydrogens (tertiary/aromatic N) is 2. The summed E-state index contributed by atoms with van der Waals surface area (Å²) in [6.07, 6.45) is 3.79. The lowest BCUT2D eigenvalue weighted by Gasteiger charge is -2.18. The van der Waals surface area contributed by atoms with Crippen molar-refractivity contribution in [3.63, 3.8) is 0 Å². The summed E-state index contributed by atoms with van der Waals surface area (Å²) in [6, 6.07) is 16.7. The van der Waals surface area contributed by atoms with E-state index >= 15 is 0 Å². The Balaban J connectivity index is 0.00000289. The van der Waals surface area contributed by atoms with Crippen LogP contribution in [0.25, 0.3) is 10.9 Å². The zero-order chi connectivity index (χ0) is 21.5. The van der Waals surface area contributed by atoms with Crippen molar-refractivity contribution in [1.29, 1.82) is 0 Å². The van der Waals surface area contributed by atoms with Crippen molar-refractivity contribution in [2.45, 2.75) is 32.4 Å². The highest BCUT2D eigenvalue weighted by Crippen LogP contribution is 2.24. The summed E-state index contributed by atoms with van der Waals surface area (Å²) in [6.45, 7) is 4.92. The molecule has 1 aromatic heterocycles. The van der Waals surface area contributed by atoms with Gasteiger partial charge < -0.3 is 20.1 Å². The maximum absolute atomic E-state index is 6.20. The SMILES string of the molecule is CN=C(NCCc1cccc2cccnc12)NCc1ccc(C)cc1OC1CCOC1.I. The summed E-state index contributed by atoms with van der Waals surface area (Å²) in [5.74, 6) is 1.68. The fraction of sp³-hybridized carbons (Fsp3) is 0.360. The van der Waals surface area contributed by atoms with E-state index in [-0.39, 0.29) is 30.1 Å². The summed E-state index contributed by atoms with van der Waals surface area (Å²) in [5.41, 5.74) is 4.59. The molecule has 2 N–H and O–H groups in total. The molecule has 1 fully saturated rings. The molecule has 4 rings (SSSR count). The quantitative estimate of drug-likeness (QED) is 0.264. The average Bonchev–Trinajstić information content (AvgIpc) is 3.30. The summed E-state index contributed by atoms with van der Waals surface area (Å²) in [4.78, 5) is 8.90. The van der Waals surface area contributed by atoms with E-state index in [9.17, 15) is 0 Å². The second-order valence-electron chi connectivity index (χ2n) is 7.81. The molecule has 1 atom stereocenters. The van der Waals surface area contributed by atoms with Crippen LogP contribution in [0.1, 0.15) is 23.1 Å². The molecule has 0 saturated carbocycles. The second-order valence-corrected chi connectivity index (χ2v) is 7.81. The number of benzene rings is 2. The first kappa shape index (κ1) is 24.3. The Hall–Kier alpha value is -2.39. The zero-order valence-electron chi connectivity index (χ0n) is 18.6. The van der Waals surface area contributed by atoms with Gasteiger partial charge >= 0.3 is 0 Å². The van der Waals surface area contributed by atoms with Crippen LogP contribution in [0.2, 0.25) is 0 Å². The van der Waals surface area contributed by atoms with Crippen molar-refractivity contribution in [3.05, 3.63) is 71.4 Å². The number of fused-ring (bicyclic) bond motifs is 1. The van der Waals surface area contributed by atoms with Crippen molar-refractivity contribution in [1.82, 2.24) is 15.6 Å². The van der Waals surface area contributed by atoms with Crippen LogP contribution in [-0.4, -0.2) is 43.9 Å². The highest BCUT2D eigenvalue weighted by atomic mass is 127. The third-order valence-electron chi connectivity index (χ3n) is 5.48. The lowest BCUT2D eigenvalue weighted by atomic mass is 10.1. The Kier molecular flexibility index (Phi) is 9.11. The van der Waals surface area contributed by atoms with Gasteiger partial charge in [-0.15, -0.1) is 24.0 Å². The molecule has 32 heavy (non-hydrogen) atoms. The molecule has 0 spiro atoms. The minimum absolute atomic E-state index is 0. The van der Waals surface area contributed by atoms with Crippen LogP contribution in [-0.2, 0) is 17.7 Å². The molecular weight excluding hydrogens is 515 g/mol. The molecular formula is C25H31IN4O2. The molecule has 2 aromatic carbocycles. The van der Waals surface area contributed by atoms with E-state index in [1.165, 1.54) is 16.5 Å². The Morgan fingerprint density at radius 3 is 2.84 bits per heavy atom. The number of halogens is 1. The van der Waals surface area contributed by atoms with E-state index in [1.807, 2.05) is 12.3 Å². The van der Waals surface area contributed by atoms with Gasteiger partial charge in [0, 0.05) is 43.7 Å². The van der Waals surface area contributed by atoms with Crippen molar-refractivity contribution >= 4 is 40.8 Å². The van der Waals surface area contributed by atoms with Gasteiger partial charge in [-0.3, -0.25) is 9.98 Å². The number of ether oxygens (including phenoxy) is 2. The number of hydrogen-bond acceptors (Lipinski definition) is 4.